The van der Waals surface area contributed by atoms with Gasteiger partial charge in [-0.05, 0) is 69.8 Å². The Bertz CT molecular complexity index is 3070. The molecule has 0 saturated carbocycles. The van der Waals surface area contributed by atoms with Crippen LogP contribution in [-0.4, -0.2) is 16.6 Å². The molecule has 0 aliphatic carbocycles. The predicted octanol–water partition coefficient (Wildman–Crippen LogP) is 13.0. The summed E-state index contributed by atoms with van der Waals surface area (Å²) in [5.41, 5.74) is 17.8. The van der Waals surface area contributed by atoms with Gasteiger partial charge in [0.2, 0.25) is 0 Å². The van der Waals surface area contributed by atoms with E-state index in [4.69, 9.17) is 15.7 Å². The van der Waals surface area contributed by atoms with Crippen molar-refractivity contribution in [3.05, 3.63) is 211 Å². The summed E-state index contributed by atoms with van der Waals surface area (Å²) < 4.78 is 5.00. The molecule has 0 radical (unpaired) electrons. The number of amidine groups is 1. The fourth-order valence-corrected chi connectivity index (χ4v) is 8.96. The van der Waals surface area contributed by atoms with Crippen molar-refractivity contribution in [3.8, 4) is 27.9 Å². The summed E-state index contributed by atoms with van der Waals surface area (Å²) in [5.74, 6) is 0.587. The summed E-state index contributed by atoms with van der Waals surface area (Å²) in [7, 11) is 0. The van der Waals surface area contributed by atoms with Crippen molar-refractivity contribution in [3.63, 3.8) is 0 Å². The van der Waals surface area contributed by atoms with Gasteiger partial charge >= 0.3 is 0 Å². The molecule has 10 aromatic rings. The van der Waals surface area contributed by atoms with Gasteiger partial charge in [0.25, 0.3) is 0 Å². The van der Waals surface area contributed by atoms with Gasteiger partial charge in [-0.2, -0.15) is 0 Å². The number of benzene rings is 8. The molecule has 8 aromatic carbocycles. The first-order valence-electron chi connectivity index (χ1n) is 18.8. The van der Waals surface area contributed by atoms with Crippen LogP contribution in [0, 0.1) is 0 Å². The Kier molecular flexibility index (Phi) is 8.64. The van der Waals surface area contributed by atoms with Crippen LogP contribution < -0.4 is 5.73 Å². The van der Waals surface area contributed by atoms with E-state index < -0.39 is 6.17 Å². The van der Waals surface area contributed by atoms with Gasteiger partial charge in [0, 0.05) is 48.4 Å². The van der Waals surface area contributed by atoms with E-state index in [-0.39, 0.29) is 0 Å². The van der Waals surface area contributed by atoms with E-state index in [0.29, 0.717) is 5.84 Å². The lowest BCUT2D eigenvalue weighted by Gasteiger charge is -2.13. The number of rotatable bonds is 7. The van der Waals surface area contributed by atoms with E-state index in [9.17, 15) is 0 Å². The second kappa shape index (κ2) is 14.4. The summed E-state index contributed by atoms with van der Waals surface area (Å²) in [6, 6.07) is 68.3. The van der Waals surface area contributed by atoms with Crippen LogP contribution in [0.1, 0.15) is 22.9 Å². The first-order chi connectivity index (χ1) is 27.7. The standard InChI is InChI=1S/C51H36N4S/c52-50(54-51(37-17-8-3-9-18-37)53-33-34-13-4-1-5-14-34)36-23-27-40(28-24-36)55-46-30-26-38(35-15-6-2-7-16-35)31-45(46)42-29-25-39(32-47(42)55)41-20-12-21-44-43-19-10-11-22-48(43)56-49(41)44/h1-33,50H,52H2. The number of nitrogens with zero attached hydrogens (tertiary/aromatic N) is 3. The Balaban J connectivity index is 1.09. The highest BCUT2D eigenvalue weighted by Gasteiger charge is 2.17. The molecule has 0 aliphatic heterocycles. The quantitative estimate of drug-likeness (QED) is 0.129. The van der Waals surface area contributed by atoms with Crippen LogP contribution >= 0.6 is 11.3 Å². The molecular formula is C51H36N4S. The third kappa shape index (κ3) is 6.19. The van der Waals surface area contributed by atoms with Crippen molar-refractivity contribution in [2.24, 2.45) is 15.7 Å². The normalized spacial score (nSPS) is 12.7. The van der Waals surface area contributed by atoms with Crippen molar-refractivity contribution in [2.45, 2.75) is 6.17 Å². The summed E-state index contributed by atoms with van der Waals surface area (Å²) in [6.45, 7) is 0. The number of aliphatic imine (C=N–C) groups is 2. The number of aromatic nitrogens is 1. The number of hydrogen-bond acceptors (Lipinski definition) is 3. The summed E-state index contributed by atoms with van der Waals surface area (Å²) in [6.07, 6.45) is 1.23. The van der Waals surface area contributed by atoms with Crippen LogP contribution in [0.25, 0.3) is 69.9 Å². The topological polar surface area (TPSA) is 55.7 Å². The maximum absolute atomic E-state index is 6.81. The molecule has 0 saturated heterocycles. The molecule has 1 atom stereocenters. The second-order valence-electron chi connectivity index (χ2n) is 14.0. The van der Waals surface area contributed by atoms with Crippen LogP contribution in [0.15, 0.2) is 204 Å². The van der Waals surface area contributed by atoms with E-state index >= 15 is 0 Å². The van der Waals surface area contributed by atoms with E-state index in [1.807, 2.05) is 78.2 Å². The van der Waals surface area contributed by atoms with E-state index in [0.717, 1.165) is 33.4 Å². The molecular weight excluding hydrogens is 701 g/mol. The zero-order valence-electron chi connectivity index (χ0n) is 30.5. The number of fused-ring (bicyclic) bond motifs is 6. The van der Waals surface area contributed by atoms with Gasteiger partial charge in [-0.3, -0.25) is 0 Å². The molecule has 4 nitrogen and oxygen atoms in total. The lowest BCUT2D eigenvalue weighted by molar-refractivity contribution is 0.774. The molecule has 266 valence electrons. The van der Waals surface area contributed by atoms with Crippen LogP contribution in [0.2, 0.25) is 0 Å². The van der Waals surface area contributed by atoms with Gasteiger partial charge < -0.3 is 10.3 Å². The van der Waals surface area contributed by atoms with E-state index in [2.05, 4.69) is 138 Å². The highest BCUT2D eigenvalue weighted by Crippen LogP contribution is 2.42. The minimum atomic E-state index is -0.604. The molecule has 10 rings (SSSR count). The Morgan fingerprint density at radius 3 is 2.04 bits per heavy atom. The monoisotopic (exact) mass is 736 g/mol. The highest BCUT2D eigenvalue weighted by molar-refractivity contribution is 7.26. The van der Waals surface area contributed by atoms with Crippen molar-refractivity contribution >= 4 is 65.4 Å². The fourth-order valence-electron chi connectivity index (χ4n) is 7.72. The van der Waals surface area contributed by atoms with Crippen LogP contribution in [0.5, 0.6) is 0 Å². The molecule has 5 heteroatoms. The zero-order chi connectivity index (χ0) is 37.4. The summed E-state index contributed by atoms with van der Waals surface area (Å²) >= 11 is 1.86. The first-order valence-corrected chi connectivity index (χ1v) is 19.6. The van der Waals surface area contributed by atoms with Crippen LogP contribution in [0.3, 0.4) is 0 Å². The molecule has 2 N–H and O–H groups in total. The molecule has 0 spiro atoms. The number of thiophene rings is 1. The van der Waals surface area contributed by atoms with Gasteiger partial charge in [0.1, 0.15) is 6.17 Å². The predicted molar refractivity (Wildman–Crippen MR) is 238 cm³/mol. The van der Waals surface area contributed by atoms with Crippen LogP contribution in [0.4, 0.5) is 0 Å². The highest BCUT2D eigenvalue weighted by atomic mass is 32.1. The van der Waals surface area contributed by atoms with Crippen LogP contribution in [-0.2, 0) is 0 Å². The number of nitrogens with two attached hydrogens (primary N) is 1. The van der Waals surface area contributed by atoms with Gasteiger partial charge in [-0.25, -0.2) is 9.98 Å². The molecule has 1 unspecified atom stereocenters. The largest absolute Gasteiger partial charge is 0.309 e. The lowest BCUT2D eigenvalue weighted by Crippen LogP contribution is -2.11. The third-order valence-electron chi connectivity index (χ3n) is 10.5. The van der Waals surface area contributed by atoms with Crippen molar-refractivity contribution in [1.29, 1.82) is 0 Å². The fraction of sp³-hybridized carbons (Fsp3) is 0.0196. The minimum absolute atomic E-state index is 0.587. The average Bonchev–Trinajstić information content (AvgIpc) is 3.81. The molecule has 0 bridgehead atoms. The van der Waals surface area contributed by atoms with Gasteiger partial charge in [-0.15, -0.1) is 11.3 Å². The molecule has 2 heterocycles. The Labute approximate surface area is 329 Å². The zero-order valence-corrected chi connectivity index (χ0v) is 31.3. The summed E-state index contributed by atoms with van der Waals surface area (Å²) in [4.78, 5) is 9.73. The van der Waals surface area contributed by atoms with Crippen molar-refractivity contribution in [2.75, 3.05) is 0 Å². The molecule has 0 fully saturated rings. The smallest absolute Gasteiger partial charge is 0.156 e. The van der Waals surface area contributed by atoms with Gasteiger partial charge in [-0.1, -0.05) is 158 Å². The van der Waals surface area contributed by atoms with Crippen molar-refractivity contribution < 1.29 is 0 Å². The molecule has 0 aliphatic rings. The lowest BCUT2D eigenvalue weighted by atomic mass is 10.00. The van der Waals surface area contributed by atoms with Gasteiger partial charge in [0.05, 0.1) is 11.0 Å². The van der Waals surface area contributed by atoms with E-state index in [1.165, 1.54) is 53.2 Å². The number of hydrogen-bond donors (Lipinski definition) is 1. The Morgan fingerprint density at radius 1 is 0.536 bits per heavy atom. The maximum Gasteiger partial charge on any atom is 0.156 e. The minimum Gasteiger partial charge on any atom is -0.309 e. The molecule has 2 aromatic heterocycles. The SMILES string of the molecule is NC(N=C(N=Cc1ccccc1)c1ccccc1)c1ccc(-n2c3ccc(-c4ccccc4)cc3c3ccc(-c4cccc5c4sc4ccccc45)cc32)cc1. The maximum atomic E-state index is 6.81. The van der Waals surface area contributed by atoms with Gasteiger partial charge in [0.15, 0.2) is 5.84 Å². The van der Waals surface area contributed by atoms with E-state index in [1.54, 1.807) is 0 Å². The molecule has 0 amide bonds. The Morgan fingerprint density at radius 2 is 1.23 bits per heavy atom. The first kappa shape index (κ1) is 33.6. The second-order valence-corrected chi connectivity index (χ2v) is 15.0. The summed E-state index contributed by atoms with van der Waals surface area (Å²) in [5, 5.41) is 5.02. The third-order valence-corrected chi connectivity index (χ3v) is 11.7. The Hall–Kier alpha value is -6.92. The average molecular weight is 737 g/mol. The molecule has 56 heavy (non-hydrogen) atoms. The van der Waals surface area contributed by atoms with Crippen molar-refractivity contribution in [1.82, 2.24) is 4.57 Å².